The molecule has 124 valence electrons. The van der Waals surface area contributed by atoms with Gasteiger partial charge >= 0.3 is 0 Å². The van der Waals surface area contributed by atoms with Gasteiger partial charge in [0.15, 0.2) is 0 Å². The molecular formula is C18H19N3O3. The highest BCUT2D eigenvalue weighted by molar-refractivity contribution is 5.99. The van der Waals surface area contributed by atoms with Gasteiger partial charge in [-0.15, -0.1) is 0 Å². The summed E-state index contributed by atoms with van der Waals surface area (Å²) in [6, 6.07) is 7.54. The molecule has 2 aromatic rings. The first-order chi connectivity index (χ1) is 11.7. The van der Waals surface area contributed by atoms with Gasteiger partial charge in [-0.1, -0.05) is 18.2 Å². The van der Waals surface area contributed by atoms with Crippen LogP contribution in [0.3, 0.4) is 0 Å². The lowest BCUT2D eigenvalue weighted by Crippen LogP contribution is -2.45. The number of H-pyrrole nitrogens is 1. The van der Waals surface area contributed by atoms with Gasteiger partial charge in [0, 0.05) is 24.0 Å². The predicted molar refractivity (Wildman–Crippen MR) is 88.5 cm³/mol. The highest BCUT2D eigenvalue weighted by Crippen LogP contribution is 2.29. The van der Waals surface area contributed by atoms with E-state index in [1.165, 1.54) is 0 Å². The number of rotatable bonds is 2. The van der Waals surface area contributed by atoms with Crippen LogP contribution < -0.4 is 4.74 Å². The van der Waals surface area contributed by atoms with Gasteiger partial charge in [-0.2, -0.15) is 0 Å². The van der Waals surface area contributed by atoms with Crippen LogP contribution in [0.4, 0.5) is 0 Å². The molecule has 0 aliphatic carbocycles. The number of aryl methyl sites for hydroxylation is 1. The Morgan fingerprint density at radius 2 is 2.25 bits per heavy atom. The molecule has 0 saturated carbocycles. The fraction of sp³-hybridized carbons (Fsp3) is 0.333. The van der Waals surface area contributed by atoms with E-state index in [4.69, 9.17) is 9.47 Å². The average Bonchev–Trinajstić information content (AvgIpc) is 3.07. The zero-order chi connectivity index (χ0) is 16.5. The van der Waals surface area contributed by atoms with Gasteiger partial charge in [0.25, 0.3) is 5.91 Å². The minimum atomic E-state index is -0.196. The maximum Gasteiger partial charge on any atom is 0.254 e. The van der Waals surface area contributed by atoms with E-state index in [0.29, 0.717) is 25.3 Å². The summed E-state index contributed by atoms with van der Waals surface area (Å²) in [5, 5.41) is 0. The van der Waals surface area contributed by atoms with E-state index in [9.17, 15) is 4.79 Å². The molecular weight excluding hydrogens is 306 g/mol. The maximum absolute atomic E-state index is 13.0. The van der Waals surface area contributed by atoms with Gasteiger partial charge in [0.2, 0.25) is 0 Å². The van der Waals surface area contributed by atoms with Gasteiger partial charge in [-0.3, -0.25) is 4.79 Å². The van der Waals surface area contributed by atoms with Crippen molar-refractivity contribution in [2.24, 2.45) is 0 Å². The van der Waals surface area contributed by atoms with E-state index in [-0.39, 0.29) is 18.6 Å². The molecule has 1 aromatic carbocycles. The number of ether oxygens (including phenoxy) is 2. The number of imidazole rings is 1. The molecule has 1 fully saturated rings. The van der Waals surface area contributed by atoms with Crippen LogP contribution in [0.2, 0.25) is 0 Å². The monoisotopic (exact) mass is 325 g/mol. The standard InChI is InChI=1S/C18H19N3O3/c1-12-9-19-17(20-12)15-11-23-7-6-21(15)18(22)14-8-13-4-2-3-5-16(13)24-10-14/h2-5,8-9,15H,6-7,10-11H2,1H3,(H,19,20). The molecule has 2 aliphatic rings. The van der Waals surface area contributed by atoms with Gasteiger partial charge < -0.3 is 19.4 Å². The summed E-state index contributed by atoms with van der Waals surface area (Å²) >= 11 is 0. The van der Waals surface area contributed by atoms with Crippen LogP contribution >= 0.6 is 0 Å². The number of nitrogens with zero attached hydrogens (tertiary/aromatic N) is 2. The quantitative estimate of drug-likeness (QED) is 0.918. The van der Waals surface area contributed by atoms with Crippen LogP contribution in [0.1, 0.15) is 23.1 Å². The summed E-state index contributed by atoms with van der Waals surface area (Å²) in [6.07, 6.45) is 3.69. The Balaban J connectivity index is 1.62. The minimum absolute atomic E-state index is 0.0214. The molecule has 1 atom stereocenters. The Labute approximate surface area is 140 Å². The molecule has 1 saturated heterocycles. The molecule has 4 rings (SSSR count). The highest BCUT2D eigenvalue weighted by Gasteiger charge is 2.33. The topological polar surface area (TPSA) is 67.4 Å². The molecule has 3 heterocycles. The number of benzene rings is 1. The third kappa shape index (κ3) is 2.69. The molecule has 0 bridgehead atoms. The number of para-hydroxylation sites is 1. The van der Waals surface area contributed by atoms with E-state index in [2.05, 4.69) is 9.97 Å². The van der Waals surface area contributed by atoms with Gasteiger partial charge in [0.1, 0.15) is 24.2 Å². The Kier molecular flexibility index (Phi) is 3.82. The lowest BCUT2D eigenvalue weighted by molar-refractivity contribution is -0.136. The Hall–Kier alpha value is -2.60. The fourth-order valence-corrected chi connectivity index (χ4v) is 3.10. The van der Waals surface area contributed by atoms with E-state index in [1.807, 2.05) is 42.2 Å². The van der Waals surface area contributed by atoms with Crippen molar-refractivity contribution in [3.8, 4) is 5.75 Å². The first kappa shape index (κ1) is 15.0. The summed E-state index contributed by atoms with van der Waals surface area (Å²) in [4.78, 5) is 22.4. The number of carbonyl (C=O) groups excluding carboxylic acids is 1. The molecule has 0 radical (unpaired) electrons. The second-order valence-electron chi connectivity index (χ2n) is 6.04. The second-order valence-corrected chi connectivity index (χ2v) is 6.04. The summed E-state index contributed by atoms with van der Waals surface area (Å²) in [7, 11) is 0. The van der Waals surface area contributed by atoms with Gasteiger partial charge in [-0.05, 0) is 19.1 Å². The summed E-state index contributed by atoms with van der Waals surface area (Å²) in [5.74, 6) is 1.55. The predicted octanol–water partition coefficient (Wildman–Crippen LogP) is 2.09. The van der Waals surface area contributed by atoms with Crippen LogP contribution in [-0.4, -0.2) is 47.1 Å². The van der Waals surface area contributed by atoms with Crippen molar-refractivity contribution in [2.45, 2.75) is 13.0 Å². The van der Waals surface area contributed by atoms with Crippen LogP contribution in [0.15, 0.2) is 36.0 Å². The first-order valence-electron chi connectivity index (χ1n) is 8.05. The van der Waals surface area contributed by atoms with E-state index < -0.39 is 0 Å². The van der Waals surface area contributed by atoms with E-state index in [1.54, 1.807) is 6.20 Å². The zero-order valence-corrected chi connectivity index (χ0v) is 13.5. The Morgan fingerprint density at radius 3 is 3.08 bits per heavy atom. The number of hydrogen-bond acceptors (Lipinski definition) is 4. The van der Waals surface area contributed by atoms with Gasteiger partial charge in [0.05, 0.1) is 18.8 Å². The molecule has 1 unspecified atom stereocenters. The van der Waals surface area contributed by atoms with Crippen LogP contribution in [0, 0.1) is 6.92 Å². The van der Waals surface area contributed by atoms with Crippen molar-refractivity contribution in [3.63, 3.8) is 0 Å². The van der Waals surface area contributed by atoms with Crippen molar-refractivity contribution in [3.05, 3.63) is 53.1 Å². The molecule has 1 N–H and O–H groups in total. The van der Waals surface area contributed by atoms with Gasteiger partial charge in [-0.25, -0.2) is 4.98 Å². The lowest BCUT2D eigenvalue weighted by Gasteiger charge is -2.35. The smallest absolute Gasteiger partial charge is 0.254 e. The number of amides is 1. The zero-order valence-electron chi connectivity index (χ0n) is 13.5. The second kappa shape index (κ2) is 6.13. The SMILES string of the molecule is Cc1cnc(C2COCCN2C(=O)C2=Cc3ccccc3OC2)[nH]1. The summed E-state index contributed by atoms with van der Waals surface area (Å²) < 4.78 is 11.3. The van der Waals surface area contributed by atoms with Crippen molar-refractivity contribution >= 4 is 12.0 Å². The highest BCUT2D eigenvalue weighted by atomic mass is 16.5. The largest absolute Gasteiger partial charge is 0.488 e. The number of carbonyl (C=O) groups is 1. The lowest BCUT2D eigenvalue weighted by atomic mass is 10.1. The third-order valence-corrected chi connectivity index (χ3v) is 4.33. The Morgan fingerprint density at radius 1 is 1.38 bits per heavy atom. The number of fused-ring (bicyclic) bond motifs is 1. The number of aromatic amines is 1. The minimum Gasteiger partial charge on any atom is -0.488 e. The van der Waals surface area contributed by atoms with Crippen molar-refractivity contribution in [2.75, 3.05) is 26.4 Å². The molecule has 0 spiro atoms. The third-order valence-electron chi connectivity index (χ3n) is 4.33. The summed E-state index contributed by atoms with van der Waals surface area (Å²) in [6.45, 7) is 3.76. The average molecular weight is 325 g/mol. The van der Waals surface area contributed by atoms with Crippen molar-refractivity contribution in [1.29, 1.82) is 0 Å². The molecule has 6 heteroatoms. The normalized spacial score (nSPS) is 20.1. The van der Waals surface area contributed by atoms with Crippen molar-refractivity contribution in [1.82, 2.24) is 14.9 Å². The number of nitrogens with one attached hydrogen (secondary N) is 1. The molecule has 6 nitrogen and oxygen atoms in total. The van der Waals surface area contributed by atoms with Crippen molar-refractivity contribution < 1.29 is 14.3 Å². The van der Waals surface area contributed by atoms with E-state index in [0.717, 1.165) is 22.8 Å². The molecule has 1 amide bonds. The molecule has 2 aliphatic heterocycles. The number of morpholine rings is 1. The fourth-order valence-electron chi connectivity index (χ4n) is 3.10. The summed E-state index contributed by atoms with van der Waals surface area (Å²) in [5.41, 5.74) is 2.56. The number of hydrogen-bond donors (Lipinski definition) is 1. The first-order valence-corrected chi connectivity index (χ1v) is 8.05. The maximum atomic E-state index is 13.0. The number of aromatic nitrogens is 2. The Bertz CT molecular complexity index is 796. The van der Waals surface area contributed by atoms with Crippen LogP contribution in [-0.2, 0) is 9.53 Å². The molecule has 1 aromatic heterocycles. The van der Waals surface area contributed by atoms with Crippen LogP contribution in [0.25, 0.3) is 6.08 Å². The van der Waals surface area contributed by atoms with E-state index >= 15 is 0 Å². The van der Waals surface area contributed by atoms with Crippen LogP contribution in [0.5, 0.6) is 5.75 Å². The molecule has 24 heavy (non-hydrogen) atoms.